The second-order valence-electron chi connectivity index (χ2n) is 7.40. The van der Waals surface area contributed by atoms with E-state index in [0.717, 1.165) is 0 Å². The fourth-order valence-corrected chi connectivity index (χ4v) is 3.26. The summed E-state index contributed by atoms with van der Waals surface area (Å²) in [6.45, 7) is 4.07. The second kappa shape index (κ2) is 8.86. The molecule has 2 aromatic carbocycles. The van der Waals surface area contributed by atoms with Gasteiger partial charge in [0.25, 0.3) is 17.5 Å². The number of nitrogens with one attached hydrogen (secondary N) is 1. The highest BCUT2D eigenvalue weighted by atomic mass is 16.6. The monoisotopic (exact) mass is 425 g/mol. The van der Waals surface area contributed by atoms with E-state index in [1.807, 2.05) is 13.8 Å². The van der Waals surface area contributed by atoms with Crippen molar-refractivity contribution in [2.45, 2.75) is 13.8 Å². The number of rotatable bonds is 8. The minimum Gasteiger partial charge on any atom is -0.497 e. The summed E-state index contributed by atoms with van der Waals surface area (Å²) in [5.41, 5.74) is 1.05. The summed E-state index contributed by atoms with van der Waals surface area (Å²) in [5, 5.41) is 14.0. The van der Waals surface area contributed by atoms with Crippen LogP contribution in [0.1, 0.15) is 19.4 Å². The van der Waals surface area contributed by atoms with Crippen molar-refractivity contribution in [3.63, 3.8) is 0 Å². The SMILES string of the molecule is COc1cc(NC2=C(c3ccc([N+](=O)[O-])cc3)C(=O)N(CC(C)C)C2=O)cc(OC)c1. The standard InChI is InChI=1S/C22H23N3O6/c1-13(2)12-24-21(26)19(14-5-7-16(8-6-14)25(28)29)20(22(24)27)23-15-9-17(30-3)11-18(10-15)31-4/h5-11,13,23H,12H2,1-4H3. The van der Waals surface area contributed by atoms with Gasteiger partial charge in [0.05, 0.1) is 24.7 Å². The van der Waals surface area contributed by atoms with Crippen LogP contribution < -0.4 is 14.8 Å². The predicted octanol–water partition coefficient (Wildman–Crippen LogP) is 3.46. The van der Waals surface area contributed by atoms with Gasteiger partial charge in [-0.15, -0.1) is 0 Å². The van der Waals surface area contributed by atoms with E-state index >= 15 is 0 Å². The van der Waals surface area contributed by atoms with Gasteiger partial charge in [-0.2, -0.15) is 0 Å². The molecule has 2 aromatic rings. The minimum atomic E-state index is -0.521. The largest absolute Gasteiger partial charge is 0.497 e. The van der Waals surface area contributed by atoms with Crippen molar-refractivity contribution in [2.24, 2.45) is 5.92 Å². The molecule has 0 unspecified atom stereocenters. The number of benzene rings is 2. The van der Waals surface area contributed by atoms with Gasteiger partial charge in [-0.1, -0.05) is 13.8 Å². The Morgan fingerprint density at radius 2 is 1.58 bits per heavy atom. The average Bonchev–Trinajstić information content (AvgIpc) is 2.97. The smallest absolute Gasteiger partial charge is 0.278 e. The number of imide groups is 1. The molecule has 162 valence electrons. The first-order valence-corrected chi connectivity index (χ1v) is 9.60. The van der Waals surface area contributed by atoms with Gasteiger partial charge >= 0.3 is 0 Å². The normalized spacial score (nSPS) is 13.8. The number of nitro groups is 1. The highest BCUT2D eigenvalue weighted by Gasteiger charge is 2.39. The van der Waals surface area contributed by atoms with Crippen LogP contribution in [0.2, 0.25) is 0 Å². The number of non-ortho nitro benzene ring substituents is 1. The molecule has 0 radical (unpaired) electrons. The van der Waals surface area contributed by atoms with E-state index in [9.17, 15) is 19.7 Å². The Morgan fingerprint density at radius 3 is 2.06 bits per heavy atom. The third-order valence-electron chi connectivity index (χ3n) is 4.70. The van der Waals surface area contributed by atoms with Crippen molar-refractivity contribution < 1.29 is 24.0 Å². The first-order chi connectivity index (χ1) is 14.7. The van der Waals surface area contributed by atoms with Crippen LogP contribution in [0.3, 0.4) is 0 Å². The quantitative estimate of drug-likeness (QED) is 0.392. The van der Waals surface area contributed by atoms with Gasteiger partial charge < -0.3 is 14.8 Å². The van der Waals surface area contributed by atoms with Gasteiger partial charge in [-0.3, -0.25) is 24.6 Å². The summed E-state index contributed by atoms with van der Waals surface area (Å²) < 4.78 is 10.5. The molecule has 0 bridgehead atoms. The van der Waals surface area contributed by atoms with E-state index in [4.69, 9.17) is 9.47 Å². The van der Waals surface area contributed by atoms with Gasteiger partial charge in [-0.05, 0) is 23.6 Å². The molecule has 0 saturated heterocycles. The summed E-state index contributed by atoms with van der Waals surface area (Å²) in [4.78, 5) is 37.9. The molecule has 0 atom stereocenters. The van der Waals surface area contributed by atoms with Gasteiger partial charge in [0.2, 0.25) is 0 Å². The van der Waals surface area contributed by atoms with Crippen LogP contribution >= 0.6 is 0 Å². The number of hydrogen-bond donors (Lipinski definition) is 1. The molecule has 1 aliphatic heterocycles. The summed E-state index contributed by atoms with van der Waals surface area (Å²) in [6, 6.07) is 10.6. The molecule has 0 saturated carbocycles. The zero-order chi connectivity index (χ0) is 22.7. The number of hydrogen-bond acceptors (Lipinski definition) is 7. The Morgan fingerprint density at radius 1 is 1.00 bits per heavy atom. The van der Waals surface area contributed by atoms with Crippen molar-refractivity contribution in [3.05, 3.63) is 63.8 Å². The van der Waals surface area contributed by atoms with Crippen LogP contribution in [-0.4, -0.2) is 42.4 Å². The zero-order valence-corrected chi connectivity index (χ0v) is 17.7. The van der Waals surface area contributed by atoms with Gasteiger partial charge in [-0.25, -0.2) is 0 Å². The maximum Gasteiger partial charge on any atom is 0.278 e. The van der Waals surface area contributed by atoms with Crippen LogP contribution in [0, 0.1) is 16.0 Å². The zero-order valence-electron chi connectivity index (χ0n) is 17.7. The Balaban J connectivity index is 2.09. The lowest BCUT2D eigenvalue weighted by Crippen LogP contribution is -2.35. The van der Waals surface area contributed by atoms with Crippen LogP contribution in [0.5, 0.6) is 11.5 Å². The molecule has 0 aromatic heterocycles. The number of nitrogens with zero attached hydrogens (tertiary/aromatic N) is 2. The summed E-state index contributed by atoms with van der Waals surface area (Å²) >= 11 is 0. The van der Waals surface area contributed by atoms with Gasteiger partial charge in [0.15, 0.2) is 0 Å². The van der Waals surface area contributed by atoms with E-state index in [0.29, 0.717) is 22.7 Å². The summed E-state index contributed by atoms with van der Waals surface area (Å²) in [5.74, 6) is 0.173. The molecule has 2 amide bonds. The number of methoxy groups -OCH3 is 2. The van der Waals surface area contributed by atoms with Crippen molar-refractivity contribution in [2.75, 3.05) is 26.1 Å². The summed E-state index contributed by atoms with van der Waals surface area (Å²) in [6.07, 6.45) is 0. The molecule has 1 aliphatic rings. The van der Waals surface area contributed by atoms with E-state index in [1.54, 1.807) is 18.2 Å². The first-order valence-electron chi connectivity index (χ1n) is 9.60. The number of nitro benzene ring substituents is 1. The topological polar surface area (TPSA) is 111 Å². The molecule has 0 spiro atoms. The average molecular weight is 425 g/mol. The van der Waals surface area contributed by atoms with Crippen molar-refractivity contribution in [1.29, 1.82) is 0 Å². The van der Waals surface area contributed by atoms with E-state index in [2.05, 4.69) is 5.32 Å². The fraction of sp³-hybridized carbons (Fsp3) is 0.273. The Kier molecular flexibility index (Phi) is 6.24. The number of amides is 2. The number of anilines is 1. The Labute approximate surface area is 179 Å². The maximum atomic E-state index is 13.1. The van der Waals surface area contributed by atoms with Crippen molar-refractivity contribution in [3.8, 4) is 11.5 Å². The minimum absolute atomic E-state index is 0.0716. The van der Waals surface area contributed by atoms with E-state index in [1.165, 1.54) is 43.4 Å². The molecular weight excluding hydrogens is 402 g/mol. The van der Waals surface area contributed by atoms with Crippen LogP contribution in [0.4, 0.5) is 11.4 Å². The van der Waals surface area contributed by atoms with Gasteiger partial charge in [0, 0.05) is 42.6 Å². The molecule has 0 aliphatic carbocycles. The molecular formula is C22H23N3O6. The lowest BCUT2D eigenvalue weighted by atomic mass is 10.0. The molecule has 3 rings (SSSR count). The Bertz CT molecular complexity index is 1040. The van der Waals surface area contributed by atoms with Gasteiger partial charge in [0.1, 0.15) is 17.2 Å². The van der Waals surface area contributed by atoms with E-state index in [-0.39, 0.29) is 29.4 Å². The Hall–Kier alpha value is -3.88. The van der Waals surface area contributed by atoms with Crippen molar-refractivity contribution in [1.82, 2.24) is 4.90 Å². The molecule has 9 heteroatoms. The number of carbonyl (C=O) groups is 2. The maximum absolute atomic E-state index is 13.1. The number of carbonyl (C=O) groups excluding carboxylic acids is 2. The fourth-order valence-electron chi connectivity index (χ4n) is 3.26. The van der Waals surface area contributed by atoms with Crippen LogP contribution in [0.15, 0.2) is 48.2 Å². The molecule has 1 N–H and O–H groups in total. The third-order valence-corrected chi connectivity index (χ3v) is 4.70. The molecule has 31 heavy (non-hydrogen) atoms. The molecule has 0 fully saturated rings. The van der Waals surface area contributed by atoms with Crippen LogP contribution in [0.25, 0.3) is 5.57 Å². The van der Waals surface area contributed by atoms with E-state index < -0.39 is 16.7 Å². The highest BCUT2D eigenvalue weighted by Crippen LogP contribution is 2.34. The molecule has 1 heterocycles. The predicted molar refractivity (Wildman–Crippen MR) is 115 cm³/mol. The lowest BCUT2D eigenvalue weighted by molar-refractivity contribution is -0.384. The van der Waals surface area contributed by atoms with Crippen molar-refractivity contribution >= 4 is 28.8 Å². The first kappa shape index (κ1) is 21.8. The lowest BCUT2D eigenvalue weighted by Gasteiger charge is -2.17. The third kappa shape index (κ3) is 4.50. The molecule has 9 nitrogen and oxygen atoms in total. The highest BCUT2D eigenvalue weighted by molar-refractivity contribution is 6.36. The number of ether oxygens (including phenoxy) is 2. The van der Waals surface area contributed by atoms with Crippen LogP contribution in [-0.2, 0) is 9.59 Å². The summed E-state index contributed by atoms with van der Waals surface area (Å²) in [7, 11) is 3.02. The second-order valence-corrected chi connectivity index (χ2v) is 7.40.